The molecule has 96 valence electrons. The maximum Gasteiger partial charge on any atom is 0.173 e. The van der Waals surface area contributed by atoms with Crippen LogP contribution in [0, 0.1) is 12.7 Å². The maximum atomic E-state index is 13.9. The molecule has 1 heterocycles. The first-order valence-electron chi connectivity index (χ1n) is 5.92. The molecule has 0 aliphatic carbocycles. The number of aryl methyl sites for hydroxylation is 1. The van der Waals surface area contributed by atoms with Crippen LogP contribution in [0.2, 0.25) is 0 Å². The maximum absolute atomic E-state index is 13.9. The number of hydrogen-bond donors (Lipinski definition) is 1. The van der Waals surface area contributed by atoms with Gasteiger partial charge in [-0.3, -0.25) is 0 Å². The summed E-state index contributed by atoms with van der Waals surface area (Å²) >= 11 is 0. The third-order valence-electron chi connectivity index (χ3n) is 2.79. The smallest absolute Gasteiger partial charge is 0.173 e. The first-order chi connectivity index (χ1) is 8.65. The molecule has 2 rings (SSSR count). The molecule has 1 aromatic carbocycles. The van der Waals surface area contributed by atoms with Gasteiger partial charge in [0.2, 0.25) is 0 Å². The summed E-state index contributed by atoms with van der Waals surface area (Å²) in [6, 6.07) is 4.88. The number of halogens is 1. The number of aromatic nitrogens is 4. The molecule has 1 aromatic heterocycles. The molecule has 18 heavy (non-hydrogen) atoms. The van der Waals surface area contributed by atoms with E-state index in [1.807, 2.05) is 26.8 Å². The van der Waals surface area contributed by atoms with Crippen LogP contribution < -0.4 is 5.32 Å². The van der Waals surface area contributed by atoms with E-state index in [9.17, 15) is 4.39 Å². The molecular formula is C12H16FN5. The average Bonchev–Trinajstić information content (AvgIpc) is 2.78. The second kappa shape index (κ2) is 5.22. The summed E-state index contributed by atoms with van der Waals surface area (Å²) < 4.78 is 15.4. The van der Waals surface area contributed by atoms with Crippen molar-refractivity contribution in [3.63, 3.8) is 0 Å². The van der Waals surface area contributed by atoms with Gasteiger partial charge in [-0.15, -0.1) is 5.10 Å². The Hall–Kier alpha value is -1.82. The van der Waals surface area contributed by atoms with Crippen LogP contribution in [0.3, 0.4) is 0 Å². The Balaban J connectivity index is 2.49. The second-order valence-corrected chi connectivity index (χ2v) is 4.13. The molecule has 1 atom stereocenters. The van der Waals surface area contributed by atoms with Crippen molar-refractivity contribution in [3.05, 3.63) is 35.4 Å². The van der Waals surface area contributed by atoms with E-state index in [0.717, 1.165) is 12.1 Å². The van der Waals surface area contributed by atoms with Gasteiger partial charge in [-0.1, -0.05) is 19.1 Å². The summed E-state index contributed by atoms with van der Waals surface area (Å²) in [5.41, 5.74) is 1.20. The van der Waals surface area contributed by atoms with Crippen LogP contribution in [0.25, 0.3) is 5.69 Å². The van der Waals surface area contributed by atoms with E-state index in [4.69, 9.17) is 0 Å². The largest absolute Gasteiger partial charge is 0.308 e. The zero-order valence-electron chi connectivity index (χ0n) is 10.7. The van der Waals surface area contributed by atoms with Gasteiger partial charge in [0.25, 0.3) is 0 Å². The number of nitrogens with zero attached hydrogens (tertiary/aromatic N) is 4. The number of hydrogen-bond acceptors (Lipinski definition) is 4. The Morgan fingerprint density at radius 1 is 1.44 bits per heavy atom. The molecular weight excluding hydrogens is 233 g/mol. The van der Waals surface area contributed by atoms with E-state index < -0.39 is 0 Å². The lowest BCUT2D eigenvalue weighted by molar-refractivity contribution is 0.539. The highest BCUT2D eigenvalue weighted by atomic mass is 19.1. The van der Waals surface area contributed by atoms with Crippen molar-refractivity contribution in [3.8, 4) is 5.69 Å². The van der Waals surface area contributed by atoms with Gasteiger partial charge in [-0.05, 0) is 42.4 Å². The number of rotatable bonds is 4. The molecule has 1 unspecified atom stereocenters. The molecule has 0 bridgehead atoms. The highest BCUT2D eigenvalue weighted by Crippen LogP contribution is 2.20. The molecule has 5 nitrogen and oxygen atoms in total. The summed E-state index contributed by atoms with van der Waals surface area (Å²) in [7, 11) is 0. The minimum absolute atomic E-state index is 0.0380. The molecule has 0 amide bonds. The van der Waals surface area contributed by atoms with Gasteiger partial charge in [0.1, 0.15) is 11.5 Å². The van der Waals surface area contributed by atoms with E-state index in [2.05, 4.69) is 20.8 Å². The Kier molecular flexibility index (Phi) is 3.66. The van der Waals surface area contributed by atoms with Crippen LogP contribution in [0.1, 0.15) is 31.3 Å². The summed E-state index contributed by atoms with van der Waals surface area (Å²) in [5, 5.41) is 14.7. The second-order valence-electron chi connectivity index (χ2n) is 4.13. The van der Waals surface area contributed by atoms with Crippen LogP contribution >= 0.6 is 0 Å². The molecule has 0 radical (unpaired) electrons. The zero-order valence-corrected chi connectivity index (χ0v) is 10.7. The van der Waals surface area contributed by atoms with Crippen molar-refractivity contribution >= 4 is 0 Å². The van der Waals surface area contributed by atoms with E-state index in [-0.39, 0.29) is 11.9 Å². The van der Waals surface area contributed by atoms with Crippen LogP contribution in [-0.4, -0.2) is 26.8 Å². The molecule has 0 spiro atoms. The standard InChI is InChI=1S/C12H16FN5/c1-4-14-9(3)12-15-16-17-18(12)11-8(2)6-5-7-10(11)13/h5-7,9,14H,4H2,1-3H3. The normalized spacial score (nSPS) is 12.7. The predicted molar refractivity (Wildman–Crippen MR) is 65.9 cm³/mol. The zero-order chi connectivity index (χ0) is 13.1. The Morgan fingerprint density at radius 3 is 2.89 bits per heavy atom. The van der Waals surface area contributed by atoms with Gasteiger partial charge in [-0.2, -0.15) is 4.68 Å². The molecule has 0 saturated heterocycles. The number of para-hydroxylation sites is 1. The lowest BCUT2D eigenvalue weighted by Crippen LogP contribution is -2.22. The average molecular weight is 249 g/mol. The van der Waals surface area contributed by atoms with Gasteiger partial charge in [0.15, 0.2) is 5.82 Å². The van der Waals surface area contributed by atoms with Gasteiger partial charge >= 0.3 is 0 Å². The van der Waals surface area contributed by atoms with Crippen LogP contribution in [0.4, 0.5) is 4.39 Å². The third-order valence-corrected chi connectivity index (χ3v) is 2.79. The summed E-state index contributed by atoms with van der Waals surface area (Å²) in [6.07, 6.45) is 0. The highest BCUT2D eigenvalue weighted by Gasteiger charge is 2.18. The van der Waals surface area contributed by atoms with Crippen LogP contribution in [-0.2, 0) is 0 Å². The monoisotopic (exact) mass is 249 g/mol. The van der Waals surface area contributed by atoms with Crippen LogP contribution in [0.5, 0.6) is 0 Å². The van der Waals surface area contributed by atoms with Crippen molar-refractivity contribution in [1.29, 1.82) is 0 Å². The van der Waals surface area contributed by atoms with Gasteiger partial charge < -0.3 is 5.32 Å². The quantitative estimate of drug-likeness (QED) is 0.897. The summed E-state index contributed by atoms with van der Waals surface area (Å²) in [4.78, 5) is 0. The van der Waals surface area contributed by atoms with Crippen molar-refractivity contribution in [2.45, 2.75) is 26.8 Å². The van der Waals surface area contributed by atoms with E-state index in [1.165, 1.54) is 10.7 Å². The van der Waals surface area contributed by atoms with Crippen molar-refractivity contribution in [1.82, 2.24) is 25.5 Å². The summed E-state index contributed by atoms with van der Waals surface area (Å²) in [6.45, 7) is 6.58. The minimum Gasteiger partial charge on any atom is -0.308 e. The number of tetrazole rings is 1. The molecule has 2 aromatic rings. The van der Waals surface area contributed by atoms with Gasteiger partial charge in [0, 0.05) is 0 Å². The predicted octanol–water partition coefficient (Wildman–Crippen LogP) is 1.78. The molecule has 6 heteroatoms. The van der Waals surface area contributed by atoms with Crippen molar-refractivity contribution < 1.29 is 4.39 Å². The fraction of sp³-hybridized carbons (Fsp3) is 0.417. The highest BCUT2D eigenvalue weighted by molar-refractivity contribution is 5.41. The third kappa shape index (κ3) is 2.24. The molecule has 0 saturated carbocycles. The topological polar surface area (TPSA) is 55.6 Å². The van der Waals surface area contributed by atoms with Crippen molar-refractivity contribution in [2.75, 3.05) is 6.54 Å². The minimum atomic E-state index is -0.327. The SMILES string of the molecule is CCNC(C)c1nnnn1-c1c(C)cccc1F. The Bertz CT molecular complexity index is 517. The summed E-state index contributed by atoms with van der Waals surface area (Å²) in [5.74, 6) is 0.275. The fourth-order valence-corrected chi connectivity index (χ4v) is 1.91. The lowest BCUT2D eigenvalue weighted by atomic mass is 10.2. The molecule has 0 fully saturated rings. The Labute approximate surface area is 105 Å². The van der Waals surface area contributed by atoms with E-state index in [1.54, 1.807) is 6.07 Å². The van der Waals surface area contributed by atoms with E-state index >= 15 is 0 Å². The molecule has 0 aliphatic rings. The number of nitrogens with one attached hydrogen (secondary N) is 1. The van der Waals surface area contributed by atoms with E-state index in [0.29, 0.717) is 11.5 Å². The molecule has 1 N–H and O–H groups in total. The molecule has 0 aliphatic heterocycles. The van der Waals surface area contributed by atoms with Gasteiger partial charge in [-0.25, -0.2) is 4.39 Å². The Morgan fingerprint density at radius 2 is 2.22 bits per heavy atom. The first-order valence-corrected chi connectivity index (χ1v) is 5.92. The lowest BCUT2D eigenvalue weighted by Gasteiger charge is -2.13. The van der Waals surface area contributed by atoms with Crippen LogP contribution in [0.15, 0.2) is 18.2 Å². The first kappa shape index (κ1) is 12.6. The number of benzene rings is 1. The van der Waals surface area contributed by atoms with Crippen molar-refractivity contribution in [2.24, 2.45) is 0 Å². The van der Waals surface area contributed by atoms with Gasteiger partial charge in [0.05, 0.1) is 6.04 Å². The fourth-order valence-electron chi connectivity index (χ4n) is 1.91.